The normalized spacial score (nSPS) is 10.6. The molecule has 0 aliphatic rings. The van der Waals surface area contributed by atoms with Crippen molar-refractivity contribution in [2.75, 3.05) is 26.1 Å². The van der Waals surface area contributed by atoms with Gasteiger partial charge < -0.3 is 19.5 Å². The number of hydrogen-bond acceptors (Lipinski definition) is 5. The molecule has 25 heavy (non-hydrogen) atoms. The number of rotatable bonds is 8. The molecule has 0 saturated heterocycles. The molecule has 0 fully saturated rings. The zero-order chi connectivity index (χ0) is 18.2. The van der Waals surface area contributed by atoms with Gasteiger partial charge in [-0.25, -0.2) is 0 Å². The highest BCUT2D eigenvalue weighted by molar-refractivity contribution is 6.32. The van der Waals surface area contributed by atoms with E-state index in [1.165, 1.54) is 20.3 Å². The zero-order valence-electron chi connectivity index (χ0n) is 14.3. The molecule has 2 aromatic rings. The van der Waals surface area contributed by atoms with Crippen LogP contribution < -0.4 is 19.5 Å². The van der Waals surface area contributed by atoms with E-state index in [0.717, 1.165) is 5.75 Å². The molecule has 0 radical (unpaired) electrons. The highest BCUT2D eigenvalue weighted by atomic mass is 35.5. The van der Waals surface area contributed by atoms with Crippen molar-refractivity contribution in [2.45, 2.75) is 6.92 Å². The minimum Gasteiger partial charge on any atom is -0.495 e. The largest absolute Gasteiger partial charge is 0.495 e. The number of ether oxygens (including phenoxy) is 3. The first-order valence-corrected chi connectivity index (χ1v) is 8.08. The number of benzene rings is 2. The molecule has 1 N–H and O–H groups in total. The van der Waals surface area contributed by atoms with Gasteiger partial charge in [0.05, 0.1) is 31.5 Å². The van der Waals surface area contributed by atoms with Crippen LogP contribution in [0.15, 0.2) is 48.7 Å². The second-order valence-corrected chi connectivity index (χ2v) is 5.39. The van der Waals surface area contributed by atoms with Crippen LogP contribution in [0.2, 0.25) is 5.02 Å². The topological polar surface area (TPSA) is 56.8 Å². The maximum atomic E-state index is 12.2. The summed E-state index contributed by atoms with van der Waals surface area (Å²) in [6, 6.07) is 10.3. The van der Waals surface area contributed by atoms with Crippen LogP contribution in [0.25, 0.3) is 0 Å². The number of anilines is 1. The Bertz CT molecular complexity index is 757. The van der Waals surface area contributed by atoms with Crippen LogP contribution in [0, 0.1) is 0 Å². The van der Waals surface area contributed by atoms with E-state index in [-0.39, 0.29) is 5.78 Å². The molecule has 0 saturated carbocycles. The summed E-state index contributed by atoms with van der Waals surface area (Å²) in [6.07, 6.45) is 2.99. The maximum Gasteiger partial charge on any atom is 0.187 e. The Hall–Kier alpha value is -2.66. The van der Waals surface area contributed by atoms with E-state index in [2.05, 4.69) is 5.32 Å². The van der Waals surface area contributed by atoms with Crippen molar-refractivity contribution in [2.24, 2.45) is 0 Å². The molecule has 0 unspecified atom stereocenters. The van der Waals surface area contributed by atoms with Crippen LogP contribution in [-0.4, -0.2) is 26.6 Å². The molecular formula is C19H20ClNO4. The average Bonchev–Trinajstić information content (AvgIpc) is 2.63. The number of allylic oxidation sites excluding steroid dienone is 1. The number of carbonyl (C=O) groups excluding carboxylic acids is 1. The average molecular weight is 362 g/mol. The fourth-order valence-electron chi connectivity index (χ4n) is 2.16. The van der Waals surface area contributed by atoms with Crippen molar-refractivity contribution in [3.8, 4) is 17.2 Å². The fourth-order valence-corrected chi connectivity index (χ4v) is 2.39. The van der Waals surface area contributed by atoms with Crippen molar-refractivity contribution >= 4 is 23.1 Å². The Labute approximate surface area is 152 Å². The van der Waals surface area contributed by atoms with Gasteiger partial charge in [0.15, 0.2) is 5.78 Å². The van der Waals surface area contributed by atoms with Crippen molar-refractivity contribution in [3.63, 3.8) is 0 Å². The molecule has 0 bridgehead atoms. The van der Waals surface area contributed by atoms with Crippen molar-refractivity contribution < 1.29 is 19.0 Å². The van der Waals surface area contributed by atoms with Crippen LogP contribution in [-0.2, 0) is 0 Å². The molecule has 0 aromatic heterocycles. The molecule has 0 amide bonds. The summed E-state index contributed by atoms with van der Waals surface area (Å²) < 4.78 is 15.8. The predicted molar refractivity (Wildman–Crippen MR) is 99.3 cm³/mol. The van der Waals surface area contributed by atoms with E-state index in [9.17, 15) is 4.79 Å². The monoisotopic (exact) mass is 361 g/mol. The predicted octanol–water partition coefficient (Wildman–Crippen LogP) is 4.56. The number of nitrogens with one attached hydrogen (secondary N) is 1. The molecule has 2 rings (SSSR count). The van der Waals surface area contributed by atoms with Crippen LogP contribution in [0.4, 0.5) is 5.69 Å². The Morgan fingerprint density at radius 1 is 1.12 bits per heavy atom. The maximum absolute atomic E-state index is 12.2. The fraction of sp³-hybridized carbons (Fsp3) is 0.211. The molecule has 0 heterocycles. The van der Waals surface area contributed by atoms with Crippen LogP contribution in [0.5, 0.6) is 17.2 Å². The number of carbonyl (C=O) groups is 1. The lowest BCUT2D eigenvalue weighted by Crippen LogP contribution is -1.99. The van der Waals surface area contributed by atoms with Gasteiger partial charge in [0.1, 0.15) is 17.2 Å². The van der Waals surface area contributed by atoms with Crippen molar-refractivity contribution in [1.29, 1.82) is 0 Å². The standard InChI is InChI=1S/C19H20ClNO4/c1-4-25-14-7-5-13(6-8-14)17(22)9-10-21-16-12-18(23-2)15(20)11-19(16)24-3/h5-12,21H,4H2,1-3H3. The summed E-state index contributed by atoms with van der Waals surface area (Å²) >= 11 is 6.06. The molecular weight excluding hydrogens is 342 g/mol. The first-order valence-electron chi connectivity index (χ1n) is 7.70. The molecule has 2 aromatic carbocycles. The quantitative estimate of drug-likeness (QED) is 0.551. The van der Waals surface area contributed by atoms with Crippen LogP contribution >= 0.6 is 11.6 Å². The third kappa shape index (κ3) is 4.90. The smallest absolute Gasteiger partial charge is 0.187 e. The van der Waals surface area contributed by atoms with Gasteiger partial charge in [-0.05, 0) is 31.2 Å². The van der Waals surface area contributed by atoms with E-state index >= 15 is 0 Å². The Morgan fingerprint density at radius 2 is 1.80 bits per heavy atom. The summed E-state index contributed by atoms with van der Waals surface area (Å²) in [4.78, 5) is 12.2. The first kappa shape index (κ1) is 18.7. The van der Waals surface area contributed by atoms with Gasteiger partial charge in [0.2, 0.25) is 0 Å². The van der Waals surface area contributed by atoms with Gasteiger partial charge in [-0.15, -0.1) is 0 Å². The van der Waals surface area contributed by atoms with E-state index < -0.39 is 0 Å². The van der Waals surface area contributed by atoms with Gasteiger partial charge in [0.25, 0.3) is 0 Å². The number of methoxy groups -OCH3 is 2. The molecule has 0 atom stereocenters. The third-order valence-corrected chi connectivity index (χ3v) is 3.69. The summed E-state index contributed by atoms with van der Waals surface area (Å²) in [7, 11) is 3.07. The van der Waals surface area contributed by atoms with E-state index in [4.69, 9.17) is 25.8 Å². The second kappa shape index (κ2) is 8.99. The zero-order valence-corrected chi connectivity index (χ0v) is 15.1. The lowest BCUT2D eigenvalue weighted by Gasteiger charge is -2.11. The number of halogens is 1. The summed E-state index contributed by atoms with van der Waals surface area (Å²) in [6.45, 7) is 2.50. The summed E-state index contributed by atoms with van der Waals surface area (Å²) in [5, 5.41) is 3.45. The summed E-state index contributed by atoms with van der Waals surface area (Å²) in [5.41, 5.74) is 1.21. The lowest BCUT2D eigenvalue weighted by molar-refractivity contribution is 0.104. The molecule has 5 nitrogen and oxygen atoms in total. The number of ketones is 1. The van der Waals surface area contributed by atoms with Crippen molar-refractivity contribution in [3.05, 3.63) is 59.3 Å². The van der Waals surface area contributed by atoms with Gasteiger partial charge in [0, 0.05) is 30.0 Å². The van der Waals surface area contributed by atoms with Crippen LogP contribution in [0.3, 0.4) is 0 Å². The Morgan fingerprint density at radius 3 is 2.40 bits per heavy atom. The van der Waals surface area contributed by atoms with E-state index in [1.54, 1.807) is 42.6 Å². The molecule has 6 heteroatoms. The molecule has 132 valence electrons. The highest BCUT2D eigenvalue weighted by Crippen LogP contribution is 2.35. The minimum atomic E-state index is -0.129. The third-order valence-electron chi connectivity index (χ3n) is 3.40. The van der Waals surface area contributed by atoms with Gasteiger partial charge in [-0.1, -0.05) is 11.6 Å². The van der Waals surface area contributed by atoms with E-state index in [1.807, 2.05) is 6.92 Å². The Balaban J connectivity index is 2.08. The van der Waals surface area contributed by atoms with Crippen molar-refractivity contribution in [1.82, 2.24) is 0 Å². The Kier molecular flexibility index (Phi) is 6.71. The van der Waals surface area contributed by atoms with E-state index in [0.29, 0.717) is 34.4 Å². The number of hydrogen-bond donors (Lipinski definition) is 1. The highest BCUT2D eigenvalue weighted by Gasteiger charge is 2.09. The van der Waals surface area contributed by atoms with Gasteiger partial charge >= 0.3 is 0 Å². The second-order valence-electron chi connectivity index (χ2n) is 4.99. The minimum absolute atomic E-state index is 0.129. The molecule has 0 aliphatic carbocycles. The van der Waals surface area contributed by atoms with Gasteiger partial charge in [-0.2, -0.15) is 0 Å². The SMILES string of the molecule is CCOc1ccc(C(=O)C=CNc2cc(OC)c(Cl)cc2OC)cc1. The molecule has 0 aliphatic heterocycles. The first-order chi connectivity index (χ1) is 12.1. The van der Waals surface area contributed by atoms with Gasteiger partial charge in [-0.3, -0.25) is 4.79 Å². The van der Waals surface area contributed by atoms with Crippen LogP contribution in [0.1, 0.15) is 17.3 Å². The lowest BCUT2D eigenvalue weighted by atomic mass is 10.1. The summed E-state index contributed by atoms with van der Waals surface area (Å²) in [5.74, 6) is 1.66. The molecule has 0 spiro atoms.